The first-order valence-electron chi connectivity index (χ1n) is 9.71. The van der Waals surface area contributed by atoms with Crippen LogP contribution >= 0.6 is 0 Å². The molecule has 0 unspecified atom stereocenters. The van der Waals surface area contributed by atoms with E-state index in [-0.39, 0.29) is 28.6 Å². The second-order valence-corrected chi connectivity index (χ2v) is 7.50. The molecule has 3 aromatic heterocycles. The van der Waals surface area contributed by atoms with Crippen LogP contribution < -0.4 is 16.4 Å². The van der Waals surface area contributed by atoms with Gasteiger partial charge < -0.3 is 20.9 Å². The summed E-state index contributed by atoms with van der Waals surface area (Å²) in [6, 6.07) is 6.13. The standard InChI is InChI=1S/C20H21FN8O2/c1-29-10-15(25-18(29)17(22)30)26-19(31)13-5-6-14(28-27-13)24-11-20(7-3-8-20)16-12(21)4-2-9-23-16/h2,4-6,9-10H,3,7-8,11H2,1H3,(H2,22,30)(H,24,28)(H,26,31). The van der Waals surface area contributed by atoms with Crippen LogP contribution in [0.5, 0.6) is 0 Å². The zero-order valence-corrected chi connectivity index (χ0v) is 16.8. The Morgan fingerprint density at radius 2 is 2.03 bits per heavy atom. The van der Waals surface area contributed by atoms with E-state index < -0.39 is 11.8 Å². The SMILES string of the molecule is Cn1cc(NC(=O)c2ccc(NCC3(c4ncccc4F)CCC3)nn2)nc1C(N)=O. The molecule has 4 rings (SSSR count). The van der Waals surface area contributed by atoms with Crippen LogP contribution in [0.25, 0.3) is 0 Å². The van der Waals surface area contributed by atoms with Gasteiger partial charge in [0.25, 0.3) is 11.8 Å². The molecule has 3 aromatic rings. The number of carbonyl (C=O) groups excluding carboxylic acids is 2. The molecule has 0 spiro atoms. The van der Waals surface area contributed by atoms with Crippen molar-refractivity contribution in [3.05, 3.63) is 59.7 Å². The van der Waals surface area contributed by atoms with Gasteiger partial charge in [0.1, 0.15) is 11.6 Å². The summed E-state index contributed by atoms with van der Waals surface area (Å²) < 4.78 is 15.6. The van der Waals surface area contributed by atoms with E-state index in [1.807, 2.05) is 0 Å². The number of rotatable bonds is 7. The predicted molar refractivity (Wildman–Crippen MR) is 110 cm³/mol. The van der Waals surface area contributed by atoms with Gasteiger partial charge in [0.15, 0.2) is 11.5 Å². The lowest BCUT2D eigenvalue weighted by Gasteiger charge is -2.41. The molecule has 1 fully saturated rings. The number of anilines is 2. The van der Waals surface area contributed by atoms with E-state index in [4.69, 9.17) is 5.73 Å². The molecule has 0 aliphatic heterocycles. The second kappa shape index (κ2) is 8.09. The fourth-order valence-electron chi connectivity index (χ4n) is 3.62. The molecule has 0 bridgehead atoms. The first-order chi connectivity index (χ1) is 14.9. The zero-order chi connectivity index (χ0) is 22.0. The average molecular weight is 424 g/mol. The molecule has 10 nitrogen and oxygen atoms in total. The molecule has 4 N–H and O–H groups in total. The van der Waals surface area contributed by atoms with Crippen LogP contribution in [0, 0.1) is 5.82 Å². The van der Waals surface area contributed by atoms with Crippen molar-refractivity contribution < 1.29 is 14.0 Å². The smallest absolute Gasteiger partial charge is 0.284 e. The van der Waals surface area contributed by atoms with E-state index in [9.17, 15) is 14.0 Å². The summed E-state index contributed by atoms with van der Waals surface area (Å²) in [6.07, 6.45) is 5.74. The third-order valence-electron chi connectivity index (χ3n) is 5.41. The maximum atomic E-state index is 14.2. The molecule has 160 valence electrons. The summed E-state index contributed by atoms with van der Waals surface area (Å²) in [4.78, 5) is 31.8. The van der Waals surface area contributed by atoms with E-state index in [0.717, 1.165) is 19.3 Å². The Morgan fingerprint density at radius 3 is 2.61 bits per heavy atom. The highest BCUT2D eigenvalue weighted by atomic mass is 19.1. The molecule has 1 aliphatic carbocycles. The lowest BCUT2D eigenvalue weighted by molar-refractivity contribution is 0.0984. The molecule has 2 amide bonds. The Morgan fingerprint density at radius 1 is 1.23 bits per heavy atom. The largest absolute Gasteiger partial charge is 0.368 e. The fourth-order valence-corrected chi connectivity index (χ4v) is 3.62. The third-order valence-corrected chi connectivity index (χ3v) is 5.41. The van der Waals surface area contributed by atoms with Gasteiger partial charge in [-0.15, -0.1) is 10.2 Å². The Bertz CT molecular complexity index is 1120. The zero-order valence-electron chi connectivity index (χ0n) is 16.8. The summed E-state index contributed by atoms with van der Waals surface area (Å²) >= 11 is 0. The Balaban J connectivity index is 1.40. The van der Waals surface area contributed by atoms with Crippen LogP contribution in [0.2, 0.25) is 0 Å². The minimum absolute atomic E-state index is 0.0233. The molecular weight excluding hydrogens is 403 g/mol. The number of nitrogens with two attached hydrogens (primary N) is 1. The first kappa shape index (κ1) is 20.4. The maximum Gasteiger partial charge on any atom is 0.284 e. The number of aromatic nitrogens is 5. The lowest BCUT2D eigenvalue weighted by Crippen LogP contribution is -2.42. The first-order valence-corrected chi connectivity index (χ1v) is 9.71. The number of imidazole rings is 1. The number of nitrogens with zero attached hydrogens (tertiary/aromatic N) is 5. The van der Waals surface area contributed by atoms with Gasteiger partial charge in [0.05, 0.1) is 5.69 Å². The minimum Gasteiger partial charge on any atom is -0.368 e. The van der Waals surface area contributed by atoms with Crippen LogP contribution in [-0.4, -0.2) is 43.1 Å². The lowest BCUT2D eigenvalue weighted by atomic mass is 9.66. The van der Waals surface area contributed by atoms with Crippen molar-refractivity contribution in [2.75, 3.05) is 17.2 Å². The van der Waals surface area contributed by atoms with Crippen LogP contribution in [0.1, 0.15) is 46.1 Å². The van der Waals surface area contributed by atoms with Crippen molar-refractivity contribution in [3.8, 4) is 0 Å². The van der Waals surface area contributed by atoms with Crippen molar-refractivity contribution >= 4 is 23.5 Å². The van der Waals surface area contributed by atoms with Crippen molar-refractivity contribution in [3.63, 3.8) is 0 Å². The van der Waals surface area contributed by atoms with Gasteiger partial charge in [-0.2, -0.15) is 0 Å². The number of hydrogen-bond donors (Lipinski definition) is 3. The Hall–Kier alpha value is -3.89. The summed E-state index contributed by atoms with van der Waals surface area (Å²) in [7, 11) is 1.59. The van der Waals surface area contributed by atoms with Gasteiger partial charge in [0, 0.05) is 31.4 Å². The quantitative estimate of drug-likeness (QED) is 0.523. The maximum absolute atomic E-state index is 14.2. The number of hydrogen-bond acceptors (Lipinski definition) is 7. The number of aryl methyl sites for hydroxylation is 1. The van der Waals surface area contributed by atoms with Gasteiger partial charge >= 0.3 is 0 Å². The van der Waals surface area contributed by atoms with Crippen molar-refractivity contribution in [1.29, 1.82) is 0 Å². The van der Waals surface area contributed by atoms with Gasteiger partial charge in [-0.3, -0.25) is 14.6 Å². The number of halogens is 1. The summed E-state index contributed by atoms with van der Waals surface area (Å²) in [6.45, 7) is 0.463. The number of primary amides is 1. The molecule has 1 aliphatic rings. The van der Waals surface area contributed by atoms with Crippen LogP contribution in [-0.2, 0) is 12.5 Å². The fraction of sp³-hybridized carbons (Fsp3) is 0.300. The highest BCUT2D eigenvalue weighted by Crippen LogP contribution is 2.43. The predicted octanol–water partition coefficient (Wildman–Crippen LogP) is 1.63. The third kappa shape index (κ3) is 4.06. The van der Waals surface area contributed by atoms with E-state index in [2.05, 4.69) is 30.8 Å². The molecule has 1 saturated carbocycles. The van der Waals surface area contributed by atoms with Gasteiger partial charge in [-0.05, 0) is 37.1 Å². The minimum atomic E-state index is -0.701. The molecule has 0 saturated heterocycles. The number of pyridine rings is 1. The number of carbonyl (C=O) groups is 2. The molecule has 31 heavy (non-hydrogen) atoms. The molecular formula is C20H21FN8O2. The summed E-state index contributed by atoms with van der Waals surface area (Å²) in [5.74, 6) is -0.874. The monoisotopic (exact) mass is 424 g/mol. The van der Waals surface area contributed by atoms with Crippen molar-refractivity contribution in [2.24, 2.45) is 12.8 Å². The van der Waals surface area contributed by atoms with E-state index >= 15 is 0 Å². The van der Waals surface area contributed by atoms with Crippen LogP contribution in [0.15, 0.2) is 36.7 Å². The van der Waals surface area contributed by atoms with E-state index in [0.29, 0.717) is 18.1 Å². The number of nitrogens with one attached hydrogen (secondary N) is 2. The van der Waals surface area contributed by atoms with Crippen LogP contribution in [0.3, 0.4) is 0 Å². The van der Waals surface area contributed by atoms with Crippen LogP contribution in [0.4, 0.5) is 16.0 Å². The van der Waals surface area contributed by atoms with Gasteiger partial charge in [-0.25, -0.2) is 9.37 Å². The van der Waals surface area contributed by atoms with E-state index in [1.165, 1.54) is 22.9 Å². The van der Waals surface area contributed by atoms with Gasteiger partial charge in [-0.1, -0.05) is 6.42 Å². The average Bonchev–Trinajstić information content (AvgIpc) is 3.09. The molecule has 0 atom stereocenters. The summed E-state index contributed by atoms with van der Waals surface area (Å²) in [5, 5.41) is 13.7. The van der Waals surface area contributed by atoms with Crippen molar-refractivity contribution in [2.45, 2.75) is 24.7 Å². The normalized spacial score (nSPS) is 14.5. The molecule has 0 aromatic carbocycles. The Labute approximate surface area is 177 Å². The highest BCUT2D eigenvalue weighted by molar-refractivity contribution is 6.02. The Kier molecular flexibility index (Phi) is 5.32. The number of amides is 2. The van der Waals surface area contributed by atoms with E-state index in [1.54, 1.807) is 25.4 Å². The van der Waals surface area contributed by atoms with Gasteiger partial charge in [0.2, 0.25) is 5.82 Å². The topological polar surface area (TPSA) is 141 Å². The molecule has 0 radical (unpaired) electrons. The molecule has 3 heterocycles. The van der Waals surface area contributed by atoms with Crippen molar-refractivity contribution in [1.82, 2.24) is 24.7 Å². The summed E-state index contributed by atoms with van der Waals surface area (Å²) in [5.41, 5.74) is 5.38. The molecule has 11 heteroatoms. The second-order valence-electron chi connectivity index (χ2n) is 7.50. The highest BCUT2D eigenvalue weighted by Gasteiger charge is 2.41.